The van der Waals surface area contributed by atoms with Crippen molar-refractivity contribution in [3.63, 3.8) is 0 Å². The van der Waals surface area contributed by atoms with Gasteiger partial charge in [-0.05, 0) is 43.7 Å². The minimum absolute atomic E-state index is 0.149. The van der Waals surface area contributed by atoms with Crippen molar-refractivity contribution in [3.8, 4) is 0 Å². The lowest BCUT2D eigenvalue weighted by atomic mass is 9.89. The fourth-order valence-electron chi connectivity index (χ4n) is 3.38. The zero-order chi connectivity index (χ0) is 18.6. The van der Waals surface area contributed by atoms with Gasteiger partial charge in [-0.25, -0.2) is 0 Å². The number of rotatable bonds is 5. The van der Waals surface area contributed by atoms with Gasteiger partial charge in [-0.15, -0.1) is 0 Å². The molecule has 2 aromatic rings. The van der Waals surface area contributed by atoms with Crippen LogP contribution >= 0.6 is 0 Å². The van der Waals surface area contributed by atoms with Crippen LogP contribution in [-0.4, -0.2) is 35.3 Å². The van der Waals surface area contributed by atoms with Crippen molar-refractivity contribution in [1.82, 2.24) is 9.88 Å². The summed E-state index contributed by atoms with van der Waals surface area (Å²) in [7, 11) is 0. The number of ketones is 1. The van der Waals surface area contributed by atoms with Gasteiger partial charge >= 0.3 is 6.18 Å². The summed E-state index contributed by atoms with van der Waals surface area (Å²) < 4.78 is 38.6. The zero-order valence-corrected chi connectivity index (χ0v) is 14.4. The van der Waals surface area contributed by atoms with E-state index in [1.54, 1.807) is 6.20 Å². The van der Waals surface area contributed by atoms with Crippen LogP contribution in [0, 0.1) is 5.92 Å². The molecule has 0 spiro atoms. The van der Waals surface area contributed by atoms with E-state index in [9.17, 15) is 18.0 Å². The summed E-state index contributed by atoms with van der Waals surface area (Å²) >= 11 is 0. The normalized spacial score (nSPS) is 18.7. The van der Waals surface area contributed by atoms with Crippen molar-refractivity contribution < 1.29 is 18.0 Å². The molecule has 6 heteroatoms. The standard InChI is InChI=1S/C20H21F3N2O/c21-20(22,23)17-7-3-5-15(13-17)19(26)16-6-4-11-25(14-16)12-9-18-8-1-2-10-24-18/h1-3,5,7-8,10,13,16H,4,6,9,11-12,14H2. The number of carbonyl (C=O) groups excluding carboxylic acids is 1. The molecule has 3 nitrogen and oxygen atoms in total. The number of hydrogen-bond donors (Lipinski definition) is 0. The third-order valence-corrected chi connectivity index (χ3v) is 4.76. The number of carbonyl (C=O) groups is 1. The summed E-state index contributed by atoms with van der Waals surface area (Å²) in [6.07, 6.45) is -0.291. The van der Waals surface area contributed by atoms with Crippen LogP contribution in [0.4, 0.5) is 13.2 Å². The third kappa shape index (κ3) is 4.69. The van der Waals surface area contributed by atoms with Gasteiger partial charge in [0, 0.05) is 42.9 Å². The number of alkyl halides is 3. The second-order valence-corrected chi connectivity index (χ2v) is 6.65. The number of hydrogen-bond acceptors (Lipinski definition) is 3. The van der Waals surface area contributed by atoms with E-state index in [0.717, 1.165) is 50.2 Å². The highest BCUT2D eigenvalue weighted by Crippen LogP contribution is 2.30. The number of nitrogens with zero attached hydrogens (tertiary/aromatic N) is 2. The Bertz CT molecular complexity index is 746. The number of aromatic nitrogens is 1. The van der Waals surface area contributed by atoms with Gasteiger partial charge in [0.25, 0.3) is 0 Å². The van der Waals surface area contributed by atoms with Crippen LogP contribution in [0.1, 0.15) is 34.5 Å². The lowest BCUT2D eigenvalue weighted by molar-refractivity contribution is -0.137. The van der Waals surface area contributed by atoms with Crippen molar-refractivity contribution in [2.45, 2.75) is 25.4 Å². The van der Waals surface area contributed by atoms with Gasteiger partial charge in [0.2, 0.25) is 0 Å². The van der Waals surface area contributed by atoms with Gasteiger partial charge in [-0.1, -0.05) is 18.2 Å². The molecule has 0 N–H and O–H groups in total. The molecule has 1 fully saturated rings. The van der Waals surface area contributed by atoms with Gasteiger partial charge in [-0.2, -0.15) is 13.2 Å². The maximum atomic E-state index is 12.9. The Balaban J connectivity index is 1.63. The fourth-order valence-corrected chi connectivity index (χ4v) is 3.38. The van der Waals surface area contributed by atoms with E-state index in [1.165, 1.54) is 12.1 Å². The van der Waals surface area contributed by atoms with Gasteiger partial charge in [-0.3, -0.25) is 9.78 Å². The van der Waals surface area contributed by atoms with Crippen molar-refractivity contribution in [1.29, 1.82) is 0 Å². The molecule has 1 aliphatic heterocycles. The van der Waals surface area contributed by atoms with Crippen LogP contribution in [0.25, 0.3) is 0 Å². The Kier molecular flexibility index (Phi) is 5.71. The van der Waals surface area contributed by atoms with E-state index in [2.05, 4.69) is 9.88 Å². The molecule has 1 aromatic heterocycles. The quantitative estimate of drug-likeness (QED) is 0.746. The summed E-state index contributed by atoms with van der Waals surface area (Å²) in [4.78, 5) is 19.2. The molecule has 2 heterocycles. The van der Waals surface area contributed by atoms with Crippen LogP contribution in [0.15, 0.2) is 48.7 Å². The Labute approximate surface area is 150 Å². The van der Waals surface area contributed by atoms with E-state index >= 15 is 0 Å². The first kappa shape index (κ1) is 18.6. The molecule has 1 aliphatic rings. The molecule has 0 aliphatic carbocycles. The minimum Gasteiger partial charge on any atom is -0.302 e. The maximum Gasteiger partial charge on any atom is 0.416 e. The van der Waals surface area contributed by atoms with Crippen LogP contribution in [0.3, 0.4) is 0 Å². The van der Waals surface area contributed by atoms with Crippen molar-refractivity contribution >= 4 is 5.78 Å². The van der Waals surface area contributed by atoms with E-state index in [4.69, 9.17) is 0 Å². The van der Waals surface area contributed by atoms with Crippen molar-refractivity contribution in [3.05, 3.63) is 65.5 Å². The maximum absolute atomic E-state index is 12.9. The number of halogens is 3. The largest absolute Gasteiger partial charge is 0.416 e. The number of likely N-dealkylation sites (tertiary alicyclic amines) is 1. The summed E-state index contributed by atoms with van der Waals surface area (Å²) in [5.41, 5.74) is 0.376. The summed E-state index contributed by atoms with van der Waals surface area (Å²) in [6.45, 7) is 2.28. The number of pyridine rings is 1. The first-order valence-electron chi connectivity index (χ1n) is 8.77. The van der Waals surface area contributed by atoms with Gasteiger partial charge in [0.05, 0.1) is 5.56 Å². The first-order chi connectivity index (χ1) is 12.4. The molecule has 0 saturated carbocycles. The molecule has 0 bridgehead atoms. The zero-order valence-electron chi connectivity index (χ0n) is 14.4. The molecule has 1 unspecified atom stereocenters. The predicted octanol–water partition coefficient (Wildman–Crippen LogP) is 4.24. The molecular formula is C20H21F3N2O. The van der Waals surface area contributed by atoms with E-state index in [1.807, 2.05) is 18.2 Å². The first-order valence-corrected chi connectivity index (χ1v) is 8.77. The molecular weight excluding hydrogens is 341 g/mol. The van der Waals surface area contributed by atoms with Crippen LogP contribution < -0.4 is 0 Å². The van der Waals surface area contributed by atoms with Gasteiger partial charge < -0.3 is 4.90 Å². The highest BCUT2D eigenvalue weighted by molar-refractivity contribution is 5.98. The fraction of sp³-hybridized carbons (Fsp3) is 0.400. The molecule has 1 saturated heterocycles. The predicted molar refractivity (Wildman–Crippen MR) is 92.9 cm³/mol. The number of piperidine rings is 1. The monoisotopic (exact) mass is 362 g/mol. The third-order valence-electron chi connectivity index (χ3n) is 4.76. The lowest BCUT2D eigenvalue weighted by Gasteiger charge is -2.32. The smallest absolute Gasteiger partial charge is 0.302 e. The molecule has 26 heavy (non-hydrogen) atoms. The average Bonchev–Trinajstić information content (AvgIpc) is 2.66. The summed E-state index contributed by atoms with van der Waals surface area (Å²) in [5.74, 6) is -0.449. The molecule has 138 valence electrons. The Morgan fingerprint density at radius 2 is 2.04 bits per heavy atom. The van der Waals surface area contributed by atoms with Gasteiger partial charge in [0.1, 0.15) is 0 Å². The second kappa shape index (κ2) is 7.99. The minimum atomic E-state index is -4.43. The average molecular weight is 362 g/mol. The van der Waals surface area contributed by atoms with Crippen LogP contribution in [0.5, 0.6) is 0 Å². The van der Waals surface area contributed by atoms with Gasteiger partial charge in [0.15, 0.2) is 5.78 Å². The topological polar surface area (TPSA) is 33.2 Å². The highest BCUT2D eigenvalue weighted by Gasteiger charge is 2.32. The molecule has 0 radical (unpaired) electrons. The highest BCUT2D eigenvalue weighted by atomic mass is 19.4. The summed E-state index contributed by atoms with van der Waals surface area (Å²) in [6, 6.07) is 10.5. The second-order valence-electron chi connectivity index (χ2n) is 6.65. The van der Waals surface area contributed by atoms with Crippen LogP contribution in [-0.2, 0) is 12.6 Å². The van der Waals surface area contributed by atoms with E-state index in [0.29, 0.717) is 6.54 Å². The summed E-state index contributed by atoms with van der Waals surface area (Å²) in [5, 5.41) is 0. The Morgan fingerprint density at radius 1 is 1.19 bits per heavy atom. The SMILES string of the molecule is O=C(c1cccc(C(F)(F)F)c1)C1CCCN(CCc2ccccn2)C1. The van der Waals surface area contributed by atoms with Crippen molar-refractivity contribution in [2.75, 3.05) is 19.6 Å². The van der Waals surface area contributed by atoms with E-state index < -0.39 is 11.7 Å². The Hall–Kier alpha value is -2.21. The molecule has 1 aromatic carbocycles. The number of benzene rings is 1. The molecule has 3 rings (SSSR count). The van der Waals surface area contributed by atoms with E-state index in [-0.39, 0.29) is 17.3 Å². The number of Topliss-reactive ketones (excluding diaryl/α,β-unsaturated/α-hetero) is 1. The molecule has 0 amide bonds. The van der Waals surface area contributed by atoms with Crippen LogP contribution in [0.2, 0.25) is 0 Å². The Morgan fingerprint density at radius 3 is 2.77 bits per heavy atom. The lowest BCUT2D eigenvalue weighted by Crippen LogP contribution is -2.39. The van der Waals surface area contributed by atoms with Crippen molar-refractivity contribution in [2.24, 2.45) is 5.92 Å². The molecule has 1 atom stereocenters.